The molecule has 0 radical (unpaired) electrons. The van der Waals surface area contributed by atoms with Crippen molar-refractivity contribution in [1.29, 1.82) is 0 Å². The molecule has 0 spiro atoms. The summed E-state index contributed by atoms with van der Waals surface area (Å²) >= 11 is 11.9. The summed E-state index contributed by atoms with van der Waals surface area (Å²) in [6, 6.07) is 19.9. The van der Waals surface area contributed by atoms with Gasteiger partial charge in [0.2, 0.25) is 0 Å². The Hall–Kier alpha value is -2.01. The topological polar surface area (TPSA) is 43.4 Å². The van der Waals surface area contributed by atoms with Crippen molar-refractivity contribution in [2.75, 3.05) is 0 Å². The Morgan fingerprint density at radius 2 is 1.38 bits per heavy atom. The number of halogens is 2. The minimum Gasteiger partial charge on any atom is -0.379 e. The van der Waals surface area contributed by atoms with Gasteiger partial charge in [-0.1, -0.05) is 53.5 Å². The molecule has 3 aromatic carbocycles. The molecule has 0 bridgehead atoms. The fraction of sp³-hybridized carbons (Fsp3) is 0. The van der Waals surface area contributed by atoms with E-state index in [1.54, 1.807) is 30.3 Å². The molecule has 0 heterocycles. The summed E-state index contributed by atoms with van der Waals surface area (Å²) in [5, 5.41) is 1.11. The van der Waals surface area contributed by atoms with Crippen LogP contribution >= 0.6 is 23.2 Å². The van der Waals surface area contributed by atoms with Crippen molar-refractivity contribution in [3.8, 4) is 16.9 Å². The summed E-state index contributed by atoms with van der Waals surface area (Å²) in [6.45, 7) is 0. The Morgan fingerprint density at radius 1 is 0.750 bits per heavy atom. The molecule has 0 atom stereocenters. The van der Waals surface area contributed by atoms with Crippen LogP contribution in [0.1, 0.15) is 0 Å². The summed E-state index contributed by atoms with van der Waals surface area (Å²) in [4.78, 5) is 0.0632. The zero-order valence-corrected chi connectivity index (χ0v) is 14.6. The smallest absolute Gasteiger partial charge is 0.339 e. The lowest BCUT2D eigenvalue weighted by Crippen LogP contribution is -2.09. The second kappa shape index (κ2) is 6.85. The van der Waals surface area contributed by atoms with Gasteiger partial charge in [-0.25, -0.2) is 0 Å². The van der Waals surface area contributed by atoms with Gasteiger partial charge in [0, 0.05) is 15.6 Å². The lowest BCUT2D eigenvalue weighted by molar-refractivity contribution is 0.486. The van der Waals surface area contributed by atoms with E-state index in [0.29, 0.717) is 10.0 Å². The van der Waals surface area contributed by atoms with Gasteiger partial charge in [-0.3, -0.25) is 0 Å². The maximum Gasteiger partial charge on any atom is 0.339 e. The van der Waals surface area contributed by atoms with E-state index in [9.17, 15) is 8.42 Å². The van der Waals surface area contributed by atoms with Gasteiger partial charge in [0.1, 0.15) is 10.6 Å². The first-order valence-electron chi connectivity index (χ1n) is 7.01. The third kappa shape index (κ3) is 3.73. The van der Waals surface area contributed by atoms with E-state index in [1.807, 2.05) is 18.2 Å². The lowest BCUT2D eigenvalue weighted by atomic mass is 10.1. The fourth-order valence-electron chi connectivity index (χ4n) is 2.16. The second-order valence-corrected chi connectivity index (χ2v) is 7.39. The Balaban J connectivity index is 1.87. The predicted octanol–water partition coefficient (Wildman–Crippen LogP) is 5.43. The van der Waals surface area contributed by atoms with Crippen LogP contribution in [0.4, 0.5) is 0 Å². The molecule has 3 aromatic rings. The van der Waals surface area contributed by atoms with Gasteiger partial charge in [-0.2, -0.15) is 8.42 Å². The van der Waals surface area contributed by atoms with Gasteiger partial charge in [0.25, 0.3) is 0 Å². The molecule has 0 aromatic heterocycles. The standard InChI is InChI=1S/C18H12Cl2O3S/c19-14-7-9-15(10-8-14)23-24(21,22)16-11-5-13(6-12-16)17-3-1-2-4-18(17)20/h1-12H. The molecule has 6 heteroatoms. The van der Waals surface area contributed by atoms with Crippen LogP contribution in [0.5, 0.6) is 5.75 Å². The quantitative estimate of drug-likeness (QED) is 0.568. The van der Waals surface area contributed by atoms with E-state index in [0.717, 1.165) is 11.1 Å². The lowest BCUT2D eigenvalue weighted by Gasteiger charge is -2.09. The summed E-state index contributed by atoms with van der Waals surface area (Å²) in [7, 11) is -3.91. The molecule has 24 heavy (non-hydrogen) atoms. The van der Waals surface area contributed by atoms with Crippen molar-refractivity contribution in [3.63, 3.8) is 0 Å². The van der Waals surface area contributed by atoms with E-state index >= 15 is 0 Å². The van der Waals surface area contributed by atoms with Gasteiger partial charge >= 0.3 is 10.1 Å². The van der Waals surface area contributed by atoms with Gasteiger partial charge in [0.05, 0.1) is 0 Å². The molecule has 3 rings (SSSR count). The van der Waals surface area contributed by atoms with Crippen LogP contribution in [0.25, 0.3) is 11.1 Å². The van der Waals surface area contributed by atoms with Gasteiger partial charge < -0.3 is 4.18 Å². The van der Waals surface area contributed by atoms with Crippen LogP contribution in [0, 0.1) is 0 Å². The fourth-order valence-corrected chi connectivity index (χ4v) is 3.46. The normalized spacial score (nSPS) is 11.2. The molecule has 0 aliphatic rings. The molecule has 0 aliphatic carbocycles. The zero-order valence-electron chi connectivity index (χ0n) is 12.3. The predicted molar refractivity (Wildman–Crippen MR) is 96.2 cm³/mol. The molecular formula is C18H12Cl2O3S. The molecule has 3 nitrogen and oxygen atoms in total. The van der Waals surface area contributed by atoms with Crippen molar-refractivity contribution >= 4 is 33.3 Å². The van der Waals surface area contributed by atoms with Crippen LogP contribution in [0.2, 0.25) is 10.0 Å². The first-order chi connectivity index (χ1) is 11.5. The Labute approximate surface area is 150 Å². The number of hydrogen-bond donors (Lipinski definition) is 0. The Kier molecular flexibility index (Phi) is 4.81. The van der Waals surface area contributed by atoms with Crippen LogP contribution < -0.4 is 4.18 Å². The van der Waals surface area contributed by atoms with Crippen molar-refractivity contribution in [2.45, 2.75) is 4.90 Å². The maximum absolute atomic E-state index is 12.3. The highest BCUT2D eigenvalue weighted by atomic mass is 35.5. The average Bonchev–Trinajstić information content (AvgIpc) is 2.57. The summed E-state index contributed by atoms with van der Waals surface area (Å²) in [5.41, 5.74) is 1.66. The molecule has 0 saturated carbocycles. The third-order valence-corrected chi connectivity index (χ3v) is 5.19. The highest BCUT2D eigenvalue weighted by Gasteiger charge is 2.17. The molecule has 0 N–H and O–H groups in total. The summed E-state index contributed by atoms with van der Waals surface area (Å²) in [6.07, 6.45) is 0. The molecule has 122 valence electrons. The highest BCUT2D eigenvalue weighted by Crippen LogP contribution is 2.29. The first kappa shape index (κ1) is 16.8. The Bertz CT molecular complexity index is 950. The van der Waals surface area contributed by atoms with Crippen molar-refractivity contribution in [2.24, 2.45) is 0 Å². The van der Waals surface area contributed by atoms with Crippen molar-refractivity contribution < 1.29 is 12.6 Å². The minimum atomic E-state index is -3.91. The molecule has 0 saturated heterocycles. The van der Waals surface area contributed by atoms with Crippen LogP contribution in [0.3, 0.4) is 0 Å². The zero-order chi connectivity index (χ0) is 17.2. The molecule has 0 aliphatic heterocycles. The van der Waals surface area contributed by atoms with E-state index in [4.69, 9.17) is 27.4 Å². The monoisotopic (exact) mass is 378 g/mol. The van der Waals surface area contributed by atoms with Gasteiger partial charge in [-0.05, 0) is 48.0 Å². The molecule has 0 amide bonds. The molecule has 0 fully saturated rings. The number of benzene rings is 3. The number of hydrogen-bond acceptors (Lipinski definition) is 3. The summed E-state index contributed by atoms with van der Waals surface area (Å²) in [5.74, 6) is 0.203. The van der Waals surface area contributed by atoms with Gasteiger partial charge in [0.15, 0.2) is 0 Å². The Morgan fingerprint density at radius 3 is 2.00 bits per heavy atom. The SMILES string of the molecule is O=S(=O)(Oc1ccc(Cl)cc1)c1ccc(-c2ccccc2Cl)cc1. The van der Waals surface area contributed by atoms with Crippen molar-refractivity contribution in [3.05, 3.63) is 82.8 Å². The number of rotatable bonds is 4. The van der Waals surface area contributed by atoms with E-state index in [1.165, 1.54) is 24.3 Å². The maximum atomic E-state index is 12.3. The third-order valence-electron chi connectivity index (χ3n) is 3.35. The van der Waals surface area contributed by atoms with Crippen LogP contribution in [0.15, 0.2) is 77.7 Å². The van der Waals surface area contributed by atoms with E-state index in [2.05, 4.69) is 0 Å². The van der Waals surface area contributed by atoms with E-state index in [-0.39, 0.29) is 10.6 Å². The second-order valence-electron chi connectivity index (χ2n) is 5.00. The summed E-state index contributed by atoms with van der Waals surface area (Å²) < 4.78 is 29.7. The minimum absolute atomic E-state index is 0.0632. The van der Waals surface area contributed by atoms with Crippen LogP contribution in [-0.2, 0) is 10.1 Å². The van der Waals surface area contributed by atoms with Gasteiger partial charge in [-0.15, -0.1) is 0 Å². The first-order valence-corrected chi connectivity index (χ1v) is 9.17. The largest absolute Gasteiger partial charge is 0.379 e. The van der Waals surface area contributed by atoms with Crippen LogP contribution in [-0.4, -0.2) is 8.42 Å². The van der Waals surface area contributed by atoms with E-state index < -0.39 is 10.1 Å². The molecular weight excluding hydrogens is 367 g/mol. The van der Waals surface area contributed by atoms with Crippen molar-refractivity contribution in [1.82, 2.24) is 0 Å². The molecule has 0 unspecified atom stereocenters. The average molecular weight is 379 g/mol. The highest BCUT2D eigenvalue weighted by molar-refractivity contribution is 7.87.